The highest BCUT2D eigenvalue weighted by Gasteiger charge is 2.45. The topological polar surface area (TPSA) is 57.6 Å². The molecule has 106 valence electrons. The Hall–Kier alpha value is -1.81. The summed E-state index contributed by atoms with van der Waals surface area (Å²) < 4.78 is 0. The van der Waals surface area contributed by atoms with Gasteiger partial charge in [-0.2, -0.15) is 0 Å². The van der Waals surface area contributed by atoms with E-state index in [1.54, 1.807) is 25.1 Å². The van der Waals surface area contributed by atoms with E-state index < -0.39 is 11.5 Å². The fourth-order valence-corrected chi connectivity index (χ4v) is 2.60. The number of carbonyl (C=O) groups is 2. The third-order valence-corrected chi connectivity index (χ3v) is 4.02. The quantitative estimate of drug-likeness (QED) is 0.872. The van der Waals surface area contributed by atoms with Crippen LogP contribution in [0.4, 0.5) is 0 Å². The van der Waals surface area contributed by atoms with Gasteiger partial charge < -0.3 is 10.0 Å². The van der Waals surface area contributed by atoms with Gasteiger partial charge in [-0.1, -0.05) is 29.8 Å². The highest BCUT2D eigenvalue weighted by atomic mass is 35.5. The molecule has 2 rings (SSSR count). The highest BCUT2D eigenvalue weighted by Crippen LogP contribution is 2.29. The van der Waals surface area contributed by atoms with Crippen molar-refractivity contribution >= 4 is 29.6 Å². The molecule has 1 fully saturated rings. The molecule has 1 atom stereocenters. The summed E-state index contributed by atoms with van der Waals surface area (Å²) in [6, 6.07) is 7.17. The first-order valence-corrected chi connectivity index (χ1v) is 6.80. The summed E-state index contributed by atoms with van der Waals surface area (Å²) in [5.74, 6) is -1.26. The lowest BCUT2D eigenvalue weighted by molar-refractivity contribution is -0.153. The van der Waals surface area contributed by atoms with Crippen LogP contribution < -0.4 is 0 Å². The number of aliphatic carboxylic acids is 1. The number of amides is 1. The van der Waals surface area contributed by atoms with Gasteiger partial charge in [0.1, 0.15) is 5.54 Å². The van der Waals surface area contributed by atoms with Crippen molar-refractivity contribution in [2.24, 2.45) is 0 Å². The largest absolute Gasteiger partial charge is 0.480 e. The van der Waals surface area contributed by atoms with E-state index in [1.165, 1.54) is 11.0 Å². The Kier molecular flexibility index (Phi) is 4.14. The maximum atomic E-state index is 12.2. The van der Waals surface area contributed by atoms with Gasteiger partial charge in [0.15, 0.2) is 0 Å². The van der Waals surface area contributed by atoms with Crippen LogP contribution in [0.1, 0.15) is 25.3 Å². The van der Waals surface area contributed by atoms with Crippen LogP contribution in [-0.2, 0) is 9.59 Å². The molecule has 0 aliphatic carbocycles. The molecule has 0 aromatic heterocycles. The zero-order valence-corrected chi connectivity index (χ0v) is 11.9. The third kappa shape index (κ3) is 2.70. The number of hydrogen-bond donors (Lipinski definition) is 1. The minimum absolute atomic E-state index is 0.299. The lowest BCUT2D eigenvalue weighted by Gasteiger charge is -2.30. The Bertz CT molecular complexity index is 570. The predicted octanol–water partition coefficient (Wildman–Crippen LogP) is 2.82. The van der Waals surface area contributed by atoms with Crippen molar-refractivity contribution in [3.8, 4) is 0 Å². The highest BCUT2D eigenvalue weighted by molar-refractivity contribution is 6.32. The van der Waals surface area contributed by atoms with Gasteiger partial charge in [0.05, 0.1) is 0 Å². The van der Waals surface area contributed by atoms with E-state index in [4.69, 9.17) is 11.6 Å². The standard InChI is InChI=1S/C15H16ClNO3/c1-15(14(19)20)9-4-10-17(15)13(18)8-7-11-5-2-3-6-12(11)16/h2-3,5-8H,4,9-10H2,1H3,(H,19,20). The molecule has 0 spiro atoms. The van der Waals surface area contributed by atoms with Gasteiger partial charge >= 0.3 is 5.97 Å². The maximum Gasteiger partial charge on any atom is 0.329 e. The minimum atomic E-state index is -1.11. The molecule has 0 bridgehead atoms. The number of likely N-dealkylation sites (tertiary alicyclic amines) is 1. The molecule has 1 N–H and O–H groups in total. The first-order chi connectivity index (χ1) is 9.45. The van der Waals surface area contributed by atoms with Gasteiger partial charge in [0.2, 0.25) is 5.91 Å². The number of rotatable bonds is 3. The van der Waals surface area contributed by atoms with E-state index >= 15 is 0 Å². The van der Waals surface area contributed by atoms with Crippen LogP contribution in [0.15, 0.2) is 30.3 Å². The second-order valence-electron chi connectivity index (χ2n) is 5.03. The van der Waals surface area contributed by atoms with E-state index in [9.17, 15) is 14.7 Å². The number of carbonyl (C=O) groups excluding carboxylic acids is 1. The summed E-state index contributed by atoms with van der Waals surface area (Å²) in [6.07, 6.45) is 4.18. The SMILES string of the molecule is CC1(C(=O)O)CCCN1C(=O)C=Cc1ccccc1Cl. The van der Waals surface area contributed by atoms with E-state index in [2.05, 4.69) is 0 Å². The Labute approximate surface area is 122 Å². The summed E-state index contributed by atoms with van der Waals surface area (Å²) in [7, 11) is 0. The fourth-order valence-electron chi connectivity index (χ4n) is 2.40. The third-order valence-electron chi connectivity index (χ3n) is 3.68. The maximum absolute atomic E-state index is 12.2. The van der Waals surface area contributed by atoms with Crippen molar-refractivity contribution in [2.75, 3.05) is 6.54 Å². The van der Waals surface area contributed by atoms with E-state index in [0.29, 0.717) is 24.4 Å². The molecular formula is C15H16ClNO3. The minimum Gasteiger partial charge on any atom is -0.480 e. The molecule has 1 amide bonds. The molecule has 1 aromatic rings. The van der Waals surface area contributed by atoms with E-state index in [1.807, 2.05) is 12.1 Å². The zero-order valence-electron chi connectivity index (χ0n) is 11.2. The van der Waals surface area contributed by atoms with Gasteiger partial charge in [-0.05, 0) is 37.5 Å². The molecule has 1 unspecified atom stereocenters. The fraction of sp³-hybridized carbons (Fsp3) is 0.333. The summed E-state index contributed by atoms with van der Waals surface area (Å²) in [5.41, 5.74) is -0.374. The van der Waals surface area contributed by atoms with Gasteiger partial charge in [-0.25, -0.2) is 4.79 Å². The Morgan fingerprint density at radius 1 is 1.40 bits per heavy atom. The number of benzene rings is 1. The lowest BCUT2D eigenvalue weighted by Crippen LogP contribution is -2.50. The number of carboxylic acids is 1. The number of nitrogens with zero attached hydrogens (tertiary/aromatic N) is 1. The molecule has 0 radical (unpaired) electrons. The predicted molar refractivity (Wildman–Crippen MR) is 77.5 cm³/mol. The monoisotopic (exact) mass is 293 g/mol. The second kappa shape index (κ2) is 5.67. The second-order valence-corrected chi connectivity index (χ2v) is 5.43. The summed E-state index contributed by atoms with van der Waals surface area (Å²) in [6.45, 7) is 2.05. The molecule has 1 aliphatic rings. The molecule has 1 aliphatic heterocycles. The van der Waals surface area contributed by atoms with E-state index in [-0.39, 0.29) is 5.91 Å². The van der Waals surface area contributed by atoms with E-state index in [0.717, 1.165) is 5.56 Å². The molecule has 1 saturated heterocycles. The van der Waals surface area contributed by atoms with Crippen LogP contribution in [0.3, 0.4) is 0 Å². The molecule has 1 aromatic carbocycles. The molecule has 0 saturated carbocycles. The lowest BCUT2D eigenvalue weighted by atomic mass is 9.99. The van der Waals surface area contributed by atoms with Crippen LogP contribution >= 0.6 is 11.6 Å². The van der Waals surface area contributed by atoms with Crippen LogP contribution in [0.25, 0.3) is 6.08 Å². The smallest absolute Gasteiger partial charge is 0.329 e. The van der Waals surface area contributed by atoms with Crippen molar-refractivity contribution in [1.29, 1.82) is 0 Å². The zero-order chi connectivity index (χ0) is 14.8. The van der Waals surface area contributed by atoms with Crippen molar-refractivity contribution in [3.63, 3.8) is 0 Å². The van der Waals surface area contributed by atoms with Crippen molar-refractivity contribution in [1.82, 2.24) is 4.90 Å². The number of hydrogen-bond acceptors (Lipinski definition) is 2. The van der Waals surface area contributed by atoms with Gasteiger partial charge in [-0.15, -0.1) is 0 Å². The summed E-state index contributed by atoms with van der Waals surface area (Å²) in [4.78, 5) is 24.9. The van der Waals surface area contributed by atoms with Crippen LogP contribution in [-0.4, -0.2) is 34.0 Å². The molecule has 20 heavy (non-hydrogen) atoms. The van der Waals surface area contributed by atoms with Crippen LogP contribution in [0.2, 0.25) is 5.02 Å². The summed E-state index contributed by atoms with van der Waals surface area (Å²) in [5, 5.41) is 9.84. The molecule has 1 heterocycles. The normalized spacial score (nSPS) is 22.4. The summed E-state index contributed by atoms with van der Waals surface area (Å²) >= 11 is 6.00. The molecule has 4 nitrogen and oxygen atoms in total. The Balaban J connectivity index is 2.17. The Morgan fingerprint density at radius 3 is 2.75 bits per heavy atom. The van der Waals surface area contributed by atoms with Crippen LogP contribution in [0.5, 0.6) is 0 Å². The molecule has 5 heteroatoms. The average molecular weight is 294 g/mol. The van der Waals surface area contributed by atoms with Gasteiger partial charge in [0, 0.05) is 17.6 Å². The van der Waals surface area contributed by atoms with Gasteiger partial charge in [-0.3, -0.25) is 4.79 Å². The number of halogens is 1. The van der Waals surface area contributed by atoms with Crippen molar-refractivity contribution in [2.45, 2.75) is 25.3 Å². The number of carboxylic acid groups (broad SMARTS) is 1. The first kappa shape index (κ1) is 14.6. The Morgan fingerprint density at radius 2 is 2.10 bits per heavy atom. The van der Waals surface area contributed by atoms with Gasteiger partial charge in [0.25, 0.3) is 0 Å². The van der Waals surface area contributed by atoms with Crippen molar-refractivity contribution < 1.29 is 14.7 Å². The first-order valence-electron chi connectivity index (χ1n) is 6.43. The van der Waals surface area contributed by atoms with Crippen LogP contribution in [0, 0.1) is 0 Å². The average Bonchev–Trinajstić information content (AvgIpc) is 2.81. The van der Waals surface area contributed by atoms with Crippen molar-refractivity contribution in [3.05, 3.63) is 40.9 Å². The molecular weight excluding hydrogens is 278 g/mol.